The fraction of sp³-hybridized carbons (Fsp3) is 0.571. The maximum Gasteiger partial charge on any atom is 0.0474 e. The van der Waals surface area contributed by atoms with Crippen molar-refractivity contribution in [1.82, 2.24) is 0 Å². The molecule has 0 N–H and O–H groups in total. The average Bonchev–Trinajstić information content (AvgIpc) is 2.76. The van der Waals surface area contributed by atoms with Gasteiger partial charge in [0.2, 0.25) is 0 Å². The molecule has 0 radical (unpaired) electrons. The van der Waals surface area contributed by atoms with Crippen molar-refractivity contribution in [3.63, 3.8) is 0 Å². The molecule has 0 spiro atoms. The van der Waals surface area contributed by atoms with Crippen molar-refractivity contribution in [1.29, 1.82) is 0 Å². The summed E-state index contributed by atoms with van der Waals surface area (Å²) in [6.07, 6.45) is 3.92. The molecule has 0 aromatic heterocycles. The maximum atomic E-state index is 5.85. The first-order valence-electron chi connectivity index (χ1n) is 6.18. The van der Waals surface area contributed by atoms with Crippen LogP contribution in [0.2, 0.25) is 0 Å². The van der Waals surface area contributed by atoms with Crippen molar-refractivity contribution in [2.45, 2.75) is 45.0 Å². The molecule has 1 aliphatic heterocycles. The fourth-order valence-electron chi connectivity index (χ4n) is 2.70. The molecule has 1 fully saturated rings. The topological polar surface area (TPSA) is 3.24 Å². The van der Waals surface area contributed by atoms with Gasteiger partial charge >= 0.3 is 0 Å². The van der Waals surface area contributed by atoms with Crippen LogP contribution in [-0.2, 0) is 5.88 Å². The van der Waals surface area contributed by atoms with Crippen LogP contribution in [0.3, 0.4) is 0 Å². The van der Waals surface area contributed by atoms with Gasteiger partial charge in [-0.1, -0.05) is 19.1 Å². The Morgan fingerprint density at radius 2 is 2.25 bits per heavy atom. The minimum atomic E-state index is 0.609. The lowest BCUT2D eigenvalue weighted by molar-refractivity contribution is 0.644. The lowest BCUT2D eigenvalue weighted by atomic mass is 10.1. The van der Waals surface area contributed by atoms with Gasteiger partial charge in [-0.25, -0.2) is 0 Å². The lowest BCUT2D eigenvalue weighted by Gasteiger charge is -2.27. The number of nitrogens with zero attached hydrogens (tertiary/aromatic N) is 1. The second-order valence-corrected chi connectivity index (χ2v) is 4.92. The summed E-state index contributed by atoms with van der Waals surface area (Å²) in [7, 11) is 0. The van der Waals surface area contributed by atoms with E-state index in [4.69, 9.17) is 11.6 Å². The molecule has 1 nitrogen and oxygen atoms in total. The summed E-state index contributed by atoms with van der Waals surface area (Å²) in [5, 5.41) is 0. The molecule has 1 aromatic carbocycles. The Bertz CT molecular complexity index is 362. The van der Waals surface area contributed by atoms with Crippen molar-refractivity contribution in [3.05, 3.63) is 29.3 Å². The largest absolute Gasteiger partial charge is 0.368 e. The van der Waals surface area contributed by atoms with Crippen LogP contribution in [0.15, 0.2) is 18.2 Å². The number of benzene rings is 1. The van der Waals surface area contributed by atoms with E-state index >= 15 is 0 Å². The van der Waals surface area contributed by atoms with Gasteiger partial charge < -0.3 is 4.90 Å². The predicted octanol–water partition coefficient (Wildman–Crippen LogP) is 4.11. The number of aryl methyl sites for hydroxylation is 1. The van der Waals surface area contributed by atoms with Gasteiger partial charge in [0, 0.05) is 24.2 Å². The van der Waals surface area contributed by atoms with Gasteiger partial charge in [0.05, 0.1) is 0 Å². The standard InChI is InChI=1S/C14H20ClN/c1-3-13-5-4-8-16(13)14-7-6-12(10-15)9-11(14)2/h6-7,9,13H,3-5,8,10H2,1-2H3. The smallest absolute Gasteiger partial charge is 0.0474 e. The SMILES string of the molecule is CCC1CCCN1c1ccc(CCl)cc1C. The summed E-state index contributed by atoms with van der Waals surface area (Å²) >= 11 is 5.85. The normalized spacial score (nSPS) is 20.4. The summed E-state index contributed by atoms with van der Waals surface area (Å²) < 4.78 is 0. The molecule has 0 saturated carbocycles. The van der Waals surface area contributed by atoms with E-state index in [1.54, 1.807) is 0 Å². The van der Waals surface area contributed by atoms with E-state index in [0.717, 1.165) is 6.04 Å². The zero-order valence-corrected chi connectivity index (χ0v) is 10.9. The summed E-state index contributed by atoms with van der Waals surface area (Å²) in [4.78, 5) is 2.56. The van der Waals surface area contributed by atoms with Crippen molar-refractivity contribution < 1.29 is 0 Å². The van der Waals surface area contributed by atoms with E-state index in [2.05, 4.69) is 36.9 Å². The highest BCUT2D eigenvalue weighted by Gasteiger charge is 2.23. The summed E-state index contributed by atoms with van der Waals surface area (Å²) in [6, 6.07) is 7.34. The minimum absolute atomic E-state index is 0.609. The van der Waals surface area contributed by atoms with Crippen molar-refractivity contribution in [3.8, 4) is 0 Å². The van der Waals surface area contributed by atoms with Crippen LogP contribution in [0.4, 0.5) is 5.69 Å². The first-order valence-corrected chi connectivity index (χ1v) is 6.72. The van der Waals surface area contributed by atoms with Crippen molar-refractivity contribution >= 4 is 17.3 Å². The Kier molecular flexibility index (Phi) is 3.75. The Hall–Kier alpha value is -0.690. The Morgan fingerprint density at radius 1 is 1.44 bits per heavy atom. The van der Waals surface area contributed by atoms with Crippen LogP contribution in [-0.4, -0.2) is 12.6 Å². The van der Waals surface area contributed by atoms with Crippen molar-refractivity contribution in [2.75, 3.05) is 11.4 Å². The van der Waals surface area contributed by atoms with Gasteiger partial charge in [0.15, 0.2) is 0 Å². The average molecular weight is 238 g/mol. The molecule has 0 bridgehead atoms. The Morgan fingerprint density at radius 3 is 2.88 bits per heavy atom. The molecule has 1 aromatic rings. The molecule has 2 heteroatoms. The summed E-state index contributed by atoms with van der Waals surface area (Å²) in [5.41, 5.74) is 3.98. The Balaban J connectivity index is 2.26. The maximum absolute atomic E-state index is 5.85. The third-order valence-corrected chi connectivity index (χ3v) is 3.88. The van der Waals surface area contributed by atoms with E-state index in [1.807, 2.05) is 0 Å². The van der Waals surface area contributed by atoms with Gasteiger partial charge in [-0.3, -0.25) is 0 Å². The van der Waals surface area contributed by atoms with E-state index in [0.29, 0.717) is 5.88 Å². The third-order valence-electron chi connectivity index (χ3n) is 3.57. The highest BCUT2D eigenvalue weighted by molar-refractivity contribution is 6.17. The van der Waals surface area contributed by atoms with Gasteiger partial charge in [0.1, 0.15) is 0 Å². The number of rotatable bonds is 3. The number of alkyl halides is 1. The zero-order valence-electron chi connectivity index (χ0n) is 10.2. The Labute approximate surface area is 103 Å². The zero-order chi connectivity index (χ0) is 11.5. The van der Waals surface area contributed by atoms with Gasteiger partial charge in [-0.05, 0) is 43.4 Å². The second-order valence-electron chi connectivity index (χ2n) is 4.65. The molecule has 0 amide bonds. The first-order chi connectivity index (χ1) is 7.76. The van der Waals surface area contributed by atoms with Crippen molar-refractivity contribution in [2.24, 2.45) is 0 Å². The number of hydrogen-bond donors (Lipinski definition) is 0. The molecule has 1 saturated heterocycles. The van der Waals surface area contributed by atoms with E-state index in [-0.39, 0.29) is 0 Å². The molecule has 88 valence electrons. The molecular formula is C14H20ClN. The highest BCUT2D eigenvalue weighted by atomic mass is 35.5. The van der Waals surface area contributed by atoms with Crippen LogP contribution in [0, 0.1) is 6.92 Å². The van der Waals surface area contributed by atoms with Crippen LogP contribution < -0.4 is 4.90 Å². The first kappa shape index (κ1) is 11.8. The molecule has 2 rings (SSSR count). The summed E-state index contributed by atoms with van der Waals surface area (Å²) in [5.74, 6) is 0.609. The van der Waals surface area contributed by atoms with Gasteiger partial charge in [-0.2, -0.15) is 0 Å². The molecule has 1 aliphatic rings. The van der Waals surface area contributed by atoms with E-state index in [1.165, 1.54) is 42.6 Å². The minimum Gasteiger partial charge on any atom is -0.368 e. The molecular weight excluding hydrogens is 218 g/mol. The molecule has 0 aliphatic carbocycles. The van der Waals surface area contributed by atoms with Crippen LogP contribution in [0.25, 0.3) is 0 Å². The van der Waals surface area contributed by atoms with Gasteiger partial charge in [0.25, 0.3) is 0 Å². The van der Waals surface area contributed by atoms with Crippen LogP contribution in [0.5, 0.6) is 0 Å². The highest BCUT2D eigenvalue weighted by Crippen LogP contribution is 2.30. The van der Waals surface area contributed by atoms with E-state index < -0.39 is 0 Å². The fourth-order valence-corrected chi connectivity index (χ4v) is 2.87. The number of hydrogen-bond acceptors (Lipinski definition) is 1. The number of anilines is 1. The van der Waals surface area contributed by atoms with Gasteiger partial charge in [-0.15, -0.1) is 11.6 Å². The van der Waals surface area contributed by atoms with E-state index in [9.17, 15) is 0 Å². The summed E-state index contributed by atoms with van der Waals surface area (Å²) in [6.45, 7) is 5.68. The number of halogens is 1. The third kappa shape index (κ3) is 2.20. The molecule has 16 heavy (non-hydrogen) atoms. The monoisotopic (exact) mass is 237 g/mol. The predicted molar refractivity (Wildman–Crippen MR) is 71.4 cm³/mol. The molecule has 1 unspecified atom stereocenters. The molecule has 1 atom stereocenters. The lowest BCUT2D eigenvalue weighted by Crippen LogP contribution is -2.29. The quantitative estimate of drug-likeness (QED) is 0.715. The molecule has 1 heterocycles. The van der Waals surface area contributed by atoms with Crippen LogP contribution >= 0.6 is 11.6 Å². The van der Waals surface area contributed by atoms with Crippen LogP contribution in [0.1, 0.15) is 37.3 Å². The second kappa shape index (κ2) is 5.09.